The number of rotatable bonds is 4. The molecule has 0 spiro atoms. The first-order valence-corrected chi connectivity index (χ1v) is 10.3. The zero-order valence-electron chi connectivity index (χ0n) is 17.1. The number of nitrogens with zero attached hydrogens (tertiary/aromatic N) is 4. The Morgan fingerprint density at radius 1 is 1.25 bits per heavy atom. The summed E-state index contributed by atoms with van der Waals surface area (Å²) in [7, 11) is 0. The summed E-state index contributed by atoms with van der Waals surface area (Å²) in [5.41, 5.74) is 1.84. The molecule has 7 nitrogen and oxygen atoms in total. The van der Waals surface area contributed by atoms with Gasteiger partial charge in [-0.15, -0.1) is 5.10 Å². The van der Waals surface area contributed by atoms with Crippen LogP contribution in [0.25, 0.3) is 5.65 Å². The van der Waals surface area contributed by atoms with Crippen molar-refractivity contribution in [1.82, 2.24) is 19.5 Å². The Bertz CT molecular complexity index is 828. The van der Waals surface area contributed by atoms with Gasteiger partial charge in [0.2, 0.25) is 11.8 Å². The van der Waals surface area contributed by atoms with E-state index in [1.807, 2.05) is 23.2 Å². The molecule has 0 saturated carbocycles. The highest BCUT2D eigenvalue weighted by atomic mass is 16.5. The Labute approximate surface area is 166 Å². The zero-order chi connectivity index (χ0) is 19.7. The molecule has 2 saturated heterocycles. The first-order chi connectivity index (χ1) is 13.4. The largest absolute Gasteiger partial charge is 0.476 e. The van der Waals surface area contributed by atoms with Crippen LogP contribution >= 0.6 is 0 Å². The monoisotopic (exact) mass is 386 g/mol. The molecule has 152 valence electrons. The maximum Gasteiger partial charge on any atom is 0.231 e. The number of amides is 1. The van der Waals surface area contributed by atoms with E-state index >= 15 is 0 Å². The molecule has 4 rings (SSSR count). The van der Waals surface area contributed by atoms with Crippen LogP contribution in [0.2, 0.25) is 0 Å². The predicted molar refractivity (Wildman–Crippen MR) is 105 cm³/mol. The highest BCUT2D eigenvalue weighted by molar-refractivity contribution is 5.79. The number of carbonyl (C=O) groups excluding carboxylic acids is 1. The number of carbonyl (C=O) groups is 1. The molecule has 28 heavy (non-hydrogen) atoms. The average Bonchev–Trinajstić information content (AvgIpc) is 3.35. The van der Waals surface area contributed by atoms with Crippen LogP contribution in [-0.2, 0) is 14.9 Å². The van der Waals surface area contributed by atoms with Gasteiger partial charge in [0.05, 0.1) is 31.0 Å². The standard InChI is InChI=1S/C21H30N4O3/c1-21(2,3)17-12-25-18(22-17)4-5-19(23-25)28-13-15-6-9-24(10-7-15)20(26)16-8-11-27-14-16/h4-5,12,15-16H,6-11,13-14H2,1-3H3. The van der Waals surface area contributed by atoms with Crippen LogP contribution in [0.3, 0.4) is 0 Å². The molecule has 2 fully saturated rings. The summed E-state index contributed by atoms with van der Waals surface area (Å²) in [5.74, 6) is 1.40. The quantitative estimate of drug-likeness (QED) is 0.808. The second-order valence-corrected chi connectivity index (χ2v) is 8.99. The number of fused-ring (bicyclic) bond motifs is 1. The lowest BCUT2D eigenvalue weighted by Gasteiger charge is -2.33. The van der Waals surface area contributed by atoms with Crippen molar-refractivity contribution < 1.29 is 14.3 Å². The number of ether oxygens (including phenoxy) is 2. The minimum Gasteiger partial charge on any atom is -0.476 e. The Balaban J connectivity index is 1.29. The van der Waals surface area contributed by atoms with E-state index in [4.69, 9.17) is 9.47 Å². The second-order valence-electron chi connectivity index (χ2n) is 8.99. The van der Waals surface area contributed by atoms with Gasteiger partial charge in [0.15, 0.2) is 5.65 Å². The van der Waals surface area contributed by atoms with Gasteiger partial charge in [0, 0.05) is 31.2 Å². The van der Waals surface area contributed by atoms with Crippen LogP contribution in [-0.4, -0.2) is 58.3 Å². The van der Waals surface area contributed by atoms with Crippen LogP contribution in [0.1, 0.15) is 45.7 Å². The van der Waals surface area contributed by atoms with Gasteiger partial charge in [-0.2, -0.15) is 0 Å². The number of aromatic nitrogens is 3. The molecular weight excluding hydrogens is 356 g/mol. The third-order valence-corrected chi connectivity index (χ3v) is 5.74. The van der Waals surface area contributed by atoms with Crippen molar-refractivity contribution in [2.45, 2.75) is 45.4 Å². The van der Waals surface area contributed by atoms with E-state index in [1.165, 1.54) is 0 Å². The van der Waals surface area contributed by atoms with Crippen LogP contribution in [0.15, 0.2) is 18.3 Å². The molecule has 0 radical (unpaired) electrons. The van der Waals surface area contributed by atoms with E-state index in [-0.39, 0.29) is 17.2 Å². The Kier molecular flexibility index (Phi) is 5.27. The fourth-order valence-corrected chi connectivity index (χ4v) is 3.81. The van der Waals surface area contributed by atoms with Crippen molar-refractivity contribution in [3.8, 4) is 5.88 Å². The lowest BCUT2D eigenvalue weighted by atomic mass is 9.93. The molecule has 2 aromatic rings. The summed E-state index contributed by atoms with van der Waals surface area (Å²) in [5, 5.41) is 4.54. The zero-order valence-corrected chi connectivity index (χ0v) is 17.1. The van der Waals surface area contributed by atoms with Gasteiger partial charge in [-0.25, -0.2) is 9.50 Å². The molecule has 0 aromatic carbocycles. The summed E-state index contributed by atoms with van der Waals surface area (Å²) in [4.78, 5) is 19.1. The fourth-order valence-electron chi connectivity index (χ4n) is 3.81. The maximum absolute atomic E-state index is 12.5. The van der Waals surface area contributed by atoms with E-state index < -0.39 is 0 Å². The van der Waals surface area contributed by atoms with E-state index in [0.29, 0.717) is 31.6 Å². The van der Waals surface area contributed by atoms with Gasteiger partial charge in [-0.3, -0.25) is 4.79 Å². The van der Waals surface area contributed by atoms with Crippen LogP contribution < -0.4 is 4.74 Å². The van der Waals surface area contributed by atoms with Crippen LogP contribution in [0, 0.1) is 11.8 Å². The molecule has 1 amide bonds. The topological polar surface area (TPSA) is 69.0 Å². The summed E-state index contributed by atoms with van der Waals surface area (Å²) < 4.78 is 13.1. The number of likely N-dealkylation sites (tertiary alicyclic amines) is 1. The molecule has 1 unspecified atom stereocenters. The molecule has 4 heterocycles. The first kappa shape index (κ1) is 19.2. The summed E-state index contributed by atoms with van der Waals surface area (Å²) in [6.45, 7) is 9.98. The SMILES string of the molecule is CC(C)(C)c1cn2nc(OCC3CCN(C(=O)C4CCOC4)CC3)ccc2n1. The van der Waals surface area contributed by atoms with E-state index in [9.17, 15) is 4.79 Å². The van der Waals surface area contributed by atoms with Gasteiger partial charge >= 0.3 is 0 Å². The summed E-state index contributed by atoms with van der Waals surface area (Å²) >= 11 is 0. The van der Waals surface area contributed by atoms with Crippen molar-refractivity contribution in [3.63, 3.8) is 0 Å². The number of hydrogen-bond donors (Lipinski definition) is 0. The molecule has 2 aliphatic heterocycles. The smallest absolute Gasteiger partial charge is 0.231 e. The molecule has 1 atom stereocenters. The molecular formula is C21H30N4O3. The predicted octanol–water partition coefficient (Wildman–Crippen LogP) is 2.68. The second kappa shape index (κ2) is 7.70. The average molecular weight is 386 g/mol. The normalized spacial score (nSPS) is 21.4. The minimum atomic E-state index is -0.00918. The molecule has 2 aliphatic rings. The van der Waals surface area contributed by atoms with Crippen LogP contribution in [0.4, 0.5) is 0 Å². The first-order valence-electron chi connectivity index (χ1n) is 10.3. The van der Waals surface area contributed by atoms with Gasteiger partial charge in [-0.05, 0) is 31.2 Å². The minimum absolute atomic E-state index is 0.00918. The summed E-state index contributed by atoms with van der Waals surface area (Å²) in [6.07, 6.45) is 4.78. The Hall–Kier alpha value is -2.15. The van der Waals surface area contributed by atoms with E-state index in [1.54, 1.807) is 4.52 Å². The number of imidazole rings is 1. The molecule has 2 aromatic heterocycles. The highest BCUT2D eigenvalue weighted by Crippen LogP contribution is 2.24. The molecule has 0 aliphatic carbocycles. The van der Waals surface area contributed by atoms with Gasteiger partial charge in [-0.1, -0.05) is 20.8 Å². The Morgan fingerprint density at radius 3 is 2.71 bits per heavy atom. The van der Waals surface area contributed by atoms with Crippen molar-refractivity contribution in [2.24, 2.45) is 11.8 Å². The van der Waals surface area contributed by atoms with Crippen molar-refractivity contribution in [3.05, 3.63) is 24.0 Å². The van der Waals surface area contributed by atoms with E-state index in [2.05, 4.69) is 30.9 Å². The molecule has 7 heteroatoms. The van der Waals surface area contributed by atoms with Crippen molar-refractivity contribution in [1.29, 1.82) is 0 Å². The number of hydrogen-bond acceptors (Lipinski definition) is 5. The van der Waals surface area contributed by atoms with Crippen LogP contribution in [0.5, 0.6) is 5.88 Å². The van der Waals surface area contributed by atoms with Gasteiger partial charge < -0.3 is 14.4 Å². The fraction of sp³-hybridized carbons (Fsp3) is 0.667. The molecule has 0 N–H and O–H groups in total. The molecule has 0 bridgehead atoms. The summed E-state index contributed by atoms with van der Waals surface area (Å²) in [6, 6.07) is 3.83. The third-order valence-electron chi connectivity index (χ3n) is 5.74. The lowest BCUT2D eigenvalue weighted by Crippen LogP contribution is -2.42. The number of piperidine rings is 1. The third kappa shape index (κ3) is 4.14. The van der Waals surface area contributed by atoms with Crippen molar-refractivity contribution >= 4 is 11.6 Å². The van der Waals surface area contributed by atoms with Gasteiger partial charge in [0.1, 0.15) is 0 Å². The Morgan fingerprint density at radius 2 is 2.04 bits per heavy atom. The lowest BCUT2D eigenvalue weighted by molar-refractivity contribution is -0.137. The van der Waals surface area contributed by atoms with E-state index in [0.717, 1.165) is 43.7 Å². The highest BCUT2D eigenvalue weighted by Gasteiger charge is 2.30. The van der Waals surface area contributed by atoms with Gasteiger partial charge in [0.25, 0.3) is 0 Å². The maximum atomic E-state index is 12.5. The van der Waals surface area contributed by atoms with Crippen molar-refractivity contribution in [2.75, 3.05) is 32.9 Å².